The minimum absolute atomic E-state index is 0.0778. The molecule has 0 saturated carbocycles. The van der Waals surface area contributed by atoms with Gasteiger partial charge in [0, 0.05) is 0 Å². The Morgan fingerprint density at radius 3 is 1.25 bits per heavy atom. The predicted molar refractivity (Wildman–Crippen MR) is 58.1 cm³/mol. The van der Waals surface area contributed by atoms with Crippen LogP contribution in [0.5, 0.6) is 0 Å². The molecular weight excluding hydrogens is 260 g/mol. The van der Waals surface area contributed by atoms with Crippen LogP contribution in [-0.2, 0) is 28.8 Å². The zero-order valence-electron chi connectivity index (χ0n) is 9.16. The van der Waals surface area contributed by atoms with Gasteiger partial charge in [-0.1, -0.05) is 10.3 Å². The second-order valence-corrected chi connectivity index (χ2v) is 6.03. The van der Waals surface area contributed by atoms with Gasteiger partial charge in [0.15, 0.2) is 0 Å². The quantitative estimate of drug-likeness (QED) is 0.501. The van der Waals surface area contributed by atoms with Gasteiger partial charge in [-0.25, -0.2) is 0 Å². The number of hydrogen-bond donors (Lipinski definition) is 0. The Morgan fingerprint density at radius 1 is 0.812 bits per heavy atom. The van der Waals surface area contributed by atoms with Gasteiger partial charge < -0.3 is 0 Å². The van der Waals surface area contributed by atoms with Crippen molar-refractivity contribution in [3.8, 4) is 0 Å². The first-order valence-corrected chi connectivity index (χ1v) is 7.51. The summed E-state index contributed by atoms with van der Waals surface area (Å²) in [7, 11) is -7.40. The summed E-state index contributed by atoms with van der Waals surface area (Å²) in [5.74, 6) is 0. The second-order valence-electron chi connectivity index (χ2n) is 2.91. The maximum absolute atomic E-state index is 10.6. The molecule has 0 aromatic carbocycles. The lowest BCUT2D eigenvalue weighted by atomic mass is 10.3. The van der Waals surface area contributed by atoms with Crippen molar-refractivity contribution in [2.75, 3.05) is 12.5 Å². The molecule has 0 amide bonds. The van der Waals surface area contributed by atoms with Crippen LogP contribution in [0.2, 0.25) is 0 Å². The van der Waals surface area contributed by atoms with E-state index in [0.29, 0.717) is 0 Å². The lowest BCUT2D eigenvalue weighted by molar-refractivity contribution is 0.338. The van der Waals surface area contributed by atoms with Gasteiger partial charge in [0.2, 0.25) is 0 Å². The van der Waals surface area contributed by atoms with E-state index in [0.717, 1.165) is 12.5 Å². The molecule has 94 valence electrons. The fraction of sp³-hybridized carbons (Fsp3) is 0.667. The standard InChI is InChI=1S/C6H12N2O6S2/c1-5(7-13-15(3,9)10)6(2)8-14-16(4,11)12/h1-4H3/b7-5+,8-6+. The van der Waals surface area contributed by atoms with E-state index in [2.05, 4.69) is 18.9 Å². The molecule has 0 spiro atoms. The zero-order valence-corrected chi connectivity index (χ0v) is 10.8. The van der Waals surface area contributed by atoms with E-state index >= 15 is 0 Å². The third kappa shape index (κ3) is 8.17. The molecule has 0 aliphatic heterocycles. The summed E-state index contributed by atoms with van der Waals surface area (Å²) in [6.07, 6.45) is 1.65. The highest BCUT2D eigenvalue weighted by Crippen LogP contribution is 1.94. The highest BCUT2D eigenvalue weighted by Gasteiger charge is 2.05. The Morgan fingerprint density at radius 2 is 1.06 bits per heavy atom. The van der Waals surface area contributed by atoms with Gasteiger partial charge in [0.05, 0.1) is 12.5 Å². The molecule has 8 nitrogen and oxygen atoms in total. The summed E-state index contributed by atoms with van der Waals surface area (Å²) in [5, 5.41) is 6.44. The number of nitrogens with zero attached hydrogens (tertiary/aromatic N) is 2. The fourth-order valence-electron chi connectivity index (χ4n) is 0.379. The fourth-order valence-corrected chi connectivity index (χ4v) is 0.874. The Balaban J connectivity index is 4.68. The van der Waals surface area contributed by atoms with Crippen molar-refractivity contribution in [1.82, 2.24) is 0 Å². The largest absolute Gasteiger partial charge is 0.325 e. The summed E-state index contributed by atoms with van der Waals surface area (Å²) >= 11 is 0. The third-order valence-electron chi connectivity index (χ3n) is 1.14. The molecule has 0 fully saturated rings. The molecule has 0 saturated heterocycles. The van der Waals surface area contributed by atoms with Gasteiger partial charge in [-0.05, 0) is 13.8 Å². The second kappa shape index (κ2) is 5.25. The van der Waals surface area contributed by atoms with Crippen molar-refractivity contribution < 1.29 is 25.4 Å². The Labute approximate surface area is 94.2 Å². The van der Waals surface area contributed by atoms with Crippen molar-refractivity contribution in [3.63, 3.8) is 0 Å². The summed E-state index contributed by atoms with van der Waals surface area (Å²) in [5.41, 5.74) is 0.156. The first kappa shape index (κ1) is 14.8. The highest BCUT2D eigenvalue weighted by molar-refractivity contribution is 7.86. The first-order valence-electron chi connectivity index (χ1n) is 3.88. The maximum atomic E-state index is 10.6. The van der Waals surface area contributed by atoms with Crippen molar-refractivity contribution in [1.29, 1.82) is 0 Å². The molecule has 0 rings (SSSR count). The smallest absolute Gasteiger partial charge is 0.268 e. The SMILES string of the molecule is CC(=N\OS(C)(=O)=O)/C(C)=N/OS(C)(=O)=O. The average Bonchev–Trinajstić information content (AvgIpc) is 2.07. The van der Waals surface area contributed by atoms with Crippen molar-refractivity contribution in [2.24, 2.45) is 10.3 Å². The summed E-state index contributed by atoms with van der Waals surface area (Å²) in [4.78, 5) is 0. The number of hydrogen-bond acceptors (Lipinski definition) is 8. The zero-order chi connectivity index (χ0) is 13.0. The predicted octanol–water partition coefficient (Wildman–Crippen LogP) is -0.309. The van der Waals surface area contributed by atoms with Crippen LogP contribution in [0.25, 0.3) is 0 Å². The summed E-state index contributed by atoms with van der Waals surface area (Å²) < 4.78 is 50.6. The van der Waals surface area contributed by atoms with Gasteiger partial charge in [-0.15, -0.1) is 0 Å². The lowest BCUT2D eigenvalue weighted by Gasteiger charge is -1.99. The Hall–Kier alpha value is -1.16. The van der Waals surface area contributed by atoms with Gasteiger partial charge in [-0.3, -0.25) is 8.57 Å². The topological polar surface area (TPSA) is 111 Å². The number of oxime groups is 2. The van der Waals surface area contributed by atoms with Crippen LogP contribution < -0.4 is 0 Å². The van der Waals surface area contributed by atoms with Crippen LogP contribution in [0.4, 0.5) is 0 Å². The van der Waals surface area contributed by atoms with Gasteiger partial charge >= 0.3 is 20.2 Å². The molecule has 0 radical (unpaired) electrons. The first-order chi connectivity index (χ1) is 7.01. The molecule has 0 aromatic heterocycles. The van der Waals surface area contributed by atoms with Gasteiger partial charge in [-0.2, -0.15) is 16.8 Å². The van der Waals surface area contributed by atoms with Crippen LogP contribution in [-0.4, -0.2) is 40.8 Å². The number of rotatable bonds is 5. The van der Waals surface area contributed by atoms with Crippen LogP contribution in [0.15, 0.2) is 10.3 Å². The van der Waals surface area contributed by atoms with E-state index in [1.807, 2.05) is 0 Å². The Bertz CT molecular complexity index is 453. The minimum atomic E-state index is -3.70. The van der Waals surface area contributed by atoms with Gasteiger partial charge in [0.1, 0.15) is 11.4 Å². The van der Waals surface area contributed by atoms with E-state index in [1.165, 1.54) is 13.8 Å². The average molecular weight is 272 g/mol. The molecular formula is C6H12N2O6S2. The molecule has 0 heterocycles. The molecule has 0 aliphatic rings. The minimum Gasteiger partial charge on any atom is -0.268 e. The van der Waals surface area contributed by atoms with Crippen LogP contribution in [0.3, 0.4) is 0 Å². The molecule has 10 heteroatoms. The van der Waals surface area contributed by atoms with Crippen molar-refractivity contribution in [2.45, 2.75) is 13.8 Å². The normalized spacial score (nSPS) is 14.8. The van der Waals surface area contributed by atoms with Crippen molar-refractivity contribution >= 4 is 31.7 Å². The Kier molecular flexibility index (Phi) is 4.87. The van der Waals surface area contributed by atoms with Crippen LogP contribution in [0, 0.1) is 0 Å². The molecule has 0 bridgehead atoms. The molecule has 0 atom stereocenters. The van der Waals surface area contributed by atoms with Gasteiger partial charge in [0.25, 0.3) is 0 Å². The van der Waals surface area contributed by atoms with E-state index in [-0.39, 0.29) is 11.4 Å². The third-order valence-corrected chi connectivity index (χ3v) is 1.83. The van der Waals surface area contributed by atoms with Crippen LogP contribution in [0.1, 0.15) is 13.8 Å². The molecule has 0 unspecified atom stereocenters. The summed E-state index contributed by atoms with van der Waals surface area (Å²) in [6.45, 7) is 2.77. The summed E-state index contributed by atoms with van der Waals surface area (Å²) in [6, 6.07) is 0. The maximum Gasteiger partial charge on any atom is 0.325 e. The van der Waals surface area contributed by atoms with E-state index in [1.54, 1.807) is 0 Å². The monoisotopic (exact) mass is 272 g/mol. The van der Waals surface area contributed by atoms with E-state index in [4.69, 9.17) is 0 Å². The van der Waals surface area contributed by atoms with E-state index < -0.39 is 20.2 Å². The van der Waals surface area contributed by atoms with E-state index in [9.17, 15) is 16.8 Å². The lowest BCUT2D eigenvalue weighted by Crippen LogP contribution is -2.10. The molecule has 0 aromatic rings. The molecule has 16 heavy (non-hydrogen) atoms. The molecule has 0 aliphatic carbocycles. The van der Waals surface area contributed by atoms with Crippen LogP contribution >= 0.6 is 0 Å². The van der Waals surface area contributed by atoms with Crippen molar-refractivity contribution in [3.05, 3.63) is 0 Å². The molecule has 0 N–H and O–H groups in total. The highest BCUT2D eigenvalue weighted by atomic mass is 32.2.